The van der Waals surface area contributed by atoms with Gasteiger partial charge in [0.1, 0.15) is 5.75 Å². The first-order chi connectivity index (χ1) is 14.0. The van der Waals surface area contributed by atoms with Crippen LogP contribution in [0.5, 0.6) is 5.75 Å². The molecule has 2 aliphatic rings. The fourth-order valence-corrected chi connectivity index (χ4v) is 5.40. The minimum atomic E-state index is -0.983. The summed E-state index contributed by atoms with van der Waals surface area (Å²) in [4.78, 5) is 11.1. The topological polar surface area (TPSA) is 57.5 Å². The number of aliphatic carboxylic acids is 1. The van der Waals surface area contributed by atoms with Crippen LogP contribution in [-0.4, -0.2) is 16.2 Å². The van der Waals surface area contributed by atoms with E-state index in [4.69, 9.17) is 5.11 Å². The second kappa shape index (κ2) is 6.73. The predicted octanol–water partition coefficient (Wildman–Crippen LogP) is 6.23. The van der Waals surface area contributed by atoms with Gasteiger partial charge in [0.25, 0.3) is 0 Å². The first kappa shape index (κ1) is 20.7. The van der Waals surface area contributed by atoms with Crippen LogP contribution in [0.2, 0.25) is 0 Å². The van der Waals surface area contributed by atoms with E-state index in [-0.39, 0.29) is 22.0 Å². The Morgan fingerprint density at radius 3 is 2.10 bits per heavy atom. The van der Waals surface area contributed by atoms with Crippen molar-refractivity contribution in [2.45, 2.75) is 76.5 Å². The second-order valence-electron chi connectivity index (χ2n) is 10.5. The van der Waals surface area contributed by atoms with E-state index in [9.17, 15) is 9.90 Å². The predicted molar refractivity (Wildman–Crippen MR) is 121 cm³/mol. The molecule has 2 aromatic rings. The number of hydrogen-bond donors (Lipinski definition) is 2. The summed E-state index contributed by atoms with van der Waals surface area (Å²) >= 11 is 0. The first-order valence-electron chi connectivity index (χ1n) is 10.9. The number of rotatable bonds is 4. The lowest BCUT2D eigenvalue weighted by molar-refractivity contribution is -0.131. The van der Waals surface area contributed by atoms with Gasteiger partial charge in [0.2, 0.25) is 0 Å². The Bertz CT molecular complexity index is 1050. The summed E-state index contributed by atoms with van der Waals surface area (Å²) in [5, 5.41) is 19.9. The lowest BCUT2D eigenvalue weighted by Gasteiger charge is -2.43. The van der Waals surface area contributed by atoms with Crippen LogP contribution < -0.4 is 0 Å². The zero-order valence-electron chi connectivity index (χ0n) is 18.7. The van der Waals surface area contributed by atoms with Crippen LogP contribution in [0.3, 0.4) is 0 Å². The molecule has 2 N–H and O–H groups in total. The third-order valence-corrected chi connectivity index (χ3v) is 7.42. The van der Waals surface area contributed by atoms with Crippen molar-refractivity contribution in [1.29, 1.82) is 0 Å². The van der Waals surface area contributed by atoms with Crippen molar-refractivity contribution >= 4 is 12.0 Å². The number of aryl methyl sites for hydroxylation is 1. The monoisotopic (exact) mass is 404 g/mol. The van der Waals surface area contributed by atoms with Gasteiger partial charge in [-0.05, 0) is 83.4 Å². The third-order valence-electron chi connectivity index (χ3n) is 7.42. The van der Waals surface area contributed by atoms with Gasteiger partial charge in [0.15, 0.2) is 0 Å². The number of phenolic OH excluding ortho intramolecular Hbond substituents is 1. The Labute approximate surface area is 179 Å². The molecular formula is C27H32O3. The van der Waals surface area contributed by atoms with Gasteiger partial charge in [-0.1, -0.05) is 52.0 Å². The second-order valence-corrected chi connectivity index (χ2v) is 10.5. The highest BCUT2D eigenvalue weighted by Crippen LogP contribution is 2.59. The molecule has 1 saturated carbocycles. The summed E-state index contributed by atoms with van der Waals surface area (Å²) in [7, 11) is 0. The van der Waals surface area contributed by atoms with E-state index in [1.54, 1.807) is 18.2 Å². The Kier molecular flexibility index (Phi) is 4.65. The number of carboxylic acids is 1. The fraction of sp³-hybridized carbons (Fsp3) is 0.444. The highest BCUT2D eigenvalue weighted by molar-refractivity contribution is 5.86. The number of fused-ring (bicyclic) bond motifs is 1. The van der Waals surface area contributed by atoms with Crippen molar-refractivity contribution in [3.63, 3.8) is 0 Å². The smallest absolute Gasteiger partial charge is 0.328 e. The van der Waals surface area contributed by atoms with Crippen LogP contribution in [-0.2, 0) is 21.0 Å². The van der Waals surface area contributed by atoms with Crippen molar-refractivity contribution in [3.05, 3.63) is 69.8 Å². The third kappa shape index (κ3) is 3.25. The summed E-state index contributed by atoms with van der Waals surface area (Å²) in [5.41, 5.74) is 7.07. The van der Waals surface area contributed by atoms with E-state index in [1.165, 1.54) is 28.7 Å². The van der Waals surface area contributed by atoms with E-state index < -0.39 is 5.97 Å². The van der Waals surface area contributed by atoms with E-state index in [1.807, 2.05) is 6.07 Å². The van der Waals surface area contributed by atoms with Gasteiger partial charge >= 0.3 is 5.97 Å². The molecule has 0 atom stereocenters. The molecule has 30 heavy (non-hydrogen) atoms. The summed E-state index contributed by atoms with van der Waals surface area (Å²) < 4.78 is 0. The Hall–Kier alpha value is -2.55. The molecule has 0 aromatic heterocycles. The maximum absolute atomic E-state index is 11.1. The maximum atomic E-state index is 11.1. The molecule has 0 spiro atoms. The van der Waals surface area contributed by atoms with Crippen molar-refractivity contribution in [2.75, 3.05) is 0 Å². The number of benzene rings is 2. The molecule has 3 nitrogen and oxygen atoms in total. The Morgan fingerprint density at radius 1 is 0.933 bits per heavy atom. The lowest BCUT2D eigenvalue weighted by Crippen LogP contribution is -2.34. The lowest BCUT2D eigenvalue weighted by atomic mass is 9.62. The molecule has 158 valence electrons. The largest absolute Gasteiger partial charge is 0.508 e. The van der Waals surface area contributed by atoms with E-state index in [2.05, 4.69) is 46.8 Å². The number of phenols is 1. The van der Waals surface area contributed by atoms with Crippen LogP contribution in [0.4, 0.5) is 0 Å². The van der Waals surface area contributed by atoms with Crippen LogP contribution in [0.25, 0.3) is 6.08 Å². The van der Waals surface area contributed by atoms with Crippen LogP contribution in [0, 0.1) is 6.92 Å². The zero-order chi connectivity index (χ0) is 21.9. The molecule has 0 heterocycles. The molecule has 0 unspecified atom stereocenters. The van der Waals surface area contributed by atoms with Gasteiger partial charge in [-0.15, -0.1) is 0 Å². The van der Waals surface area contributed by atoms with Crippen LogP contribution in [0.15, 0.2) is 36.4 Å². The average molecular weight is 405 g/mol. The van der Waals surface area contributed by atoms with Crippen molar-refractivity contribution < 1.29 is 15.0 Å². The highest BCUT2D eigenvalue weighted by atomic mass is 16.4. The SMILES string of the molecule is Cc1cc2c(cc1C1(c3c(O)cccc3C=CC(=O)O)CC1)C(C)(C)CCC2(C)C. The minimum Gasteiger partial charge on any atom is -0.508 e. The molecule has 2 aromatic carbocycles. The number of aromatic hydroxyl groups is 1. The molecule has 0 aliphatic heterocycles. The molecule has 2 aliphatic carbocycles. The number of hydrogen-bond acceptors (Lipinski definition) is 2. The Balaban J connectivity index is 1.92. The van der Waals surface area contributed by atoms with Gasteiger partial charge in [0, 0.05) is 17.1 Å². The van der Waals surface area contributed by atoms with E-state index in [0.717, 1.165) is 36.5 Å². The zero-order valence-corrected chi connectivity index (χ0v) is 18.7. The normalized spacial score (nSPS) is 20.7. The summed E-state index contributed by atoms with van der Waals surface area (Å²) in [5.74, 6) is -0.736. The first-order valence-corrected chi connectivity index (χ1v) is 10.9. The number of carboxylic acid groups (broad SMARTS) is 1. The van der Waals surface area contributed by atoms with E-state index >= 15 is 0 Å². The quantitative estimate of drug-likeness (QED) is 0.594. The van der Waals surface area contributed by atoms with Crippen LogP contribution >= 0.6 is 0 Å². The molecule has 0 bridgehead atoms. The van der Waals surface area contributed by atoms with Gasteiger partial charge in [0.05, 0.1) is 0 Å². The maximum Gasteiger partial charge on any atom is 0.328 e. The van der Waals surface area contributed by atoms with Gasteiger partial charge in [-0.2, -0.15) is 0 Å². The van der Waals surface area contributed by atoms with Crippen molar-refractivity contribution in [2.24, 2.45) is 0 Å². The van der Waals surface area contributed by atoms with Crippen LogP contribution in [0.1, 0.15) is 86.8 Å². The molecule has 0 amide bonds. The Morgan fingerprint density at radius 2 is 1.53 bits per heavy atom. The summed E-state index contributed by atoms with van der Waals surface area (Å²) in [6, 6.07) is 10.2. The van der Waals surface area contributed by atoms with Gasteiger partial charge < -0.3 is 10.2 Å². The van der Waals surface area contributed by atoms with Gasteiger partial charge in [-0.3, -0.25) is 0 Å². The standard InChI is InChI=1S/C27H32O3/c1-17-15-20-21(26(4,5)12-11-25(20,2)3)16-19(17)27(13-14-27)24-18(9-10-23(29)30)7-6-8-22(24)28/h6-10,15-16,28H,11-14H2,1-5H3,(H,29,30). The molecular weight excluding hydrogens is 372 g/mol. The van der Waals surface area contributed by atoms with Crippen molar-refractivity contribution in [3.8, 4) is 5.75 Å². The molecule has 1 fully saturated rings. The fourth-order valence-electron chi connectivity index (χ4n) is 5.40. The molecule has 4 rings (SSSR count). The van der Waals surface area contributed by atoms with Gasteiger partial charge in [-0.25, -0.2) is 4.79 Å². The van der Waals surface area contributed by atoms with Crippen molar-refractivity contribution in [1.82, 2.24) is 0 Å². The minimum absolute atomic E-state index is 0.119. The number of carbonyl (C=O) groups is 1. The summed E-state index contributed by atoms with van der Waals surface area (Å²) in [6.07, 6.45) is 7.02. The van der Waals surface area contributed by atoms with E-state index in [0.29, 0.717) is 0 Å². The summed E-state index contributed by atoms with van der Waals surface area (Å²) in [6.45, 7) is 11.5. The molecule has 3 heteroatoms. The highest BCUT2D eigenvalue weighted by Gasteiger charge is 2.50. The molecule has 0 radical (unpaired) electrons. The average Bonchev–Trinajstić information content (AvgIpc) is 3.45. The molecule has 0 saturated heterocycles.